The molecule has 2 heterocycles. The minimum Gasteiger partial charge on any atom is -0.497 e. The molecule has 3 aromatic rings. The third-order valence-corrected chi connectivity index (χ3v) is 6.63. The van der Waals surface area contributed by atoms with Crippen LogP contribution in [0.3, 0.4) is 0 Å². The Morgan fingerprint density at radius 2 is 1.88 bits per heavy atom. The van der Waals surface area contributed by atoms with Crippen molar-refractivity contribution in [1.29, 1.82) is 0 Å². The van der Waals surface area contributed by atoms with Crippen LogP contribution in [0.1, 0.15) is 5.56 Å². The van der Waals surface area contributed by atoms with Crippen molar-refractivity contribution in [2.45, 2.75) is 39.0 Å². The SMILES string of the molecule is COc1ccc(CNc2nn(COCC[Si](C)(C)C)c3c(NC(=O)C(=O)O)cncc23)cc1. The highest BCUT2D eigenvalue weighted by atomic mass is 28.3. The van der Waals surface area contributed by atoms with Crippen LogP contribution in [-0.2, 0) is 27.6 Å². The number of ether oxygens (including phenoxy) is 2. The summed E-state index contributed by atoms with van der Waals surface area (Å²) in [6, 6.07) is 8.64. The number of aliphatic carboxylic acids is 1. The maximum absolute atomic E-state index is 11.8. The van der Waals surface area contributed by atoms with E-state index < -0.39 is 20.0 Å². The molecule has 3 N–H and O–H groups in total. The molecule has 0 bridgehead atoms. The number of carboxylic acids is 1. The van der Waals surface area contributed by atoms with E-state index in [9.17, 15) is 9.59 Å². The van der Waals surface area contributed by atoms with Gasteiger partial charge in [0.25, 0.3) is 0 Å². The van der Waals surface area contributed by atoms with Gasteiger partial charge in [-0.3, -0.25) is 9.78 Å². The van der Waals surface area contributed by atoms with Crippen molar-refractivity contribution >= 4 is 42.4 Å². The summed E-state index contributed by atoms with van der Waals surface area (Å²) < 4.78 is 12.7. The largest absolute Gasteiger partial charge is 0.497 e. The third kappa shape index (κ3) is 6.53. The predicted molar refractivity (Wildman–Crippen MR) is 128 cm³/mol. The van der Waals surface area contributed by atoms with Gasteiger partial charge in [-0.2, -0.15) is 5.10 Å². The maximum atomic E-state index is 11.8. The maximum Gasteiger partial charge on any atom is 0.394 e. The number of benzene rings is 1. The van der Waals surface area contributed by atoms with Crippen LogP contribution in [0.25, 0.3) is 10.9 Å². The topological polar surface area (TPSA) is 128 Å². The number of anilines is 2. The molecule has 1 aromatic carbocycles. The zero-order valence-electron chi connectivity index (χ0n) is 19.2. The minimum absolute atomic E-state index is 0.158. The van der Waals surface area contributed by atoms with Crippen molar-refractivity contribution < 1.29 is 24.2 Å². The Morgan fingerprint density at radius 1 is 1.15 bits per heavy atom. The number of carbonyl (C=O) groups is 2. The van der Waals surface area contributed by atoms with Gasteiger partial charge in [0.05, 0.1) is 29.9 Å². The average molecular weight is 472 g/mol. The van der Waals surface area contributed by atoms with Gasteiger partial charge < -0.3 is 25.2 Å². The van der Waals surface area contributed by atoms with Crippen molar-refractivity contribution in [3.8, 4) is 5.75 Å². The molecule has 1 amide bonds. The summed E-state index contributed by atoms with van der Waals surface area (Å²) in [5, 5.41) is 19.9. The second-order valence-corrected chi connectivity index (χ2v) is 14.4. The van der Waals surface area contributed by atoms with Crippen LogP contribution in [0.15, 0.2) is 36.7 Å². The Hall–Kier alpha value is -3.44. The third-order valence-electron chi connectivity index (χ3n) is 4.92. The number of carbonyl (C=O) groups excluding carboxylic acids is 1. The van der Waals surface area contributed by atoms with Crippen LogP contribution in [0.4, 0.5) is 11.5 Å². The van der Waals surface area contributed by atoms with Crippen molar-refractivity contribution in [3.05, 3.63) is 42.2 Å². The summed E-state index contributed by atoms with van der Waals surface area (Å²) in [6.07, 6.45) is 3.02. The van der Waals surface area contributed by atoms with Gasteiger partial charge in [0.2, 0.25) is 0 Å². The summed E-state index contributed by atoms with van der Waals surface area (Å²) in [4.78, 5) is 27.0. The van der Waals surface area contributed by atoms with Gasteiger partial charge in [0.1, 0.15) is 12.5 Å². The molecule has 0 unspecified atom stereocenters. The van der Waals surface area contributed by atoms with Gasteiger partial charge in [-0.15, -0.1) is 0 Å². The summed E-state index contributed by atoms with van der Waals surface area (Å²) in [7, 11) is 0.362. The molecule has 0 saturated heterocycles. The van der Waals surface area contributed by atoms with E-state index >= 15 is 0 Å². The highest BCUT2D eigenvalue weighted by molar-refractivity contribution is 6.76. The lowest BCUT2D eigenvalue weighted by Crippen LogP contribution is -2.23. The summed E-state index contributed by atoms with van der Waals surface area (Å²) in [6.45, 7) is 8.06. The summed E-state index contributed by atoms with van der Waals surface area (Å²) >= 11 is 0. The van der Waals surface area contributed by atoms with Crippen LogP contribution in [0.2, 0.25) is 25.7 Å². The number of nitrogens with one attached hydrogen (secondary N) is 2. The molecule has 11 heteroatoms. The first-order valence-electron chi connectivity index (χ1n) is 10.5. The standard InChI is InChI=1S/C22H29N5O5Si/c1-31-16-7-5-15(6-8-16)11-24-20-17-12-23-13-18(25-21(28)22(29)30)19(17)27(26-20)14-32-9-10-33(2,3)4/h5-8,12-13H,9-11,14H2,1-4H3,(H,24,26)(H,25,28)(H,29,30). The van der Waals surface area contributed by atoms with E-state index in [0.717, 1.165) is 17.4 Å². The van der Waals surface area contributed by atoms with Gasteiger partial charge in [-0.05, 0) is 23.7 Å². The fraction of sp³-hybridized carbons (Fsp3) is 0.364. The molecule has 0 aliphatic heterocycles. The first-order chi connectivity index (χ1) is 15.7. The molecule has 33 heavy (non-hydrogen) atoms. The quantitative estimate of drug-likeness (QED) is 0.233. The average Bonchev–Trinajstić information content (AvgIpc) is 3.13. The number of carboxylic acid groups (broad SMARTS) is 1. The molecule has 0 aliphatic rings. The zero-order chi connectivity index (χ0) is 24.0. The Kier molecular flexibility index (Phi) is 7.66. The first-order valence-corrected chi connectivity index (χ1v) is 14.2. The summed E-state index contributed by atoms with van der Waals surface area (Å²) in [5.74, 6) is -1.41. The van der Waals surface area contributed by atoms with Crippen LogP contribution < -0.4 is 15.4 Å². The number of rotatable bonds is 10. The molecule has 0 aliphatic carbocycles. The number of methoxy groups -OCH3 is 1. The predicted octanol–water partition coefficient (Wildman–Crippen LogP) is 3.39. The number of hydrogen-bond donors (Lipinski definition) is 3. The highest BCUT2D eigenvalue weighted by Crippen LogP contribution is 2.29. The number of fused-ring (bicyclic) bond motifs is 1. The Bertz CT molecular complexity index is 1120. The Labute approximate surface area is 192 Å². The molecule has 10 nitrogen and oxygen atoms in total. The lowest BCUT2D eigenvalue weighted by Gasteiger charge is -2.15. The smallest absolute Gasteiger partial charge is 0.394 e. The van der Waals surface area contributed by atoms with Crippen LogP contribution in [0.5, 0.6) is 5.75 Å². The molecule has 0 saturated carbocycles. The Morgan fingerprint density at radius 3 is 2.52 bits per heavy atom. The zero-order valence-corrected chi connectivity index (χ0v) is 20.2. The molecule has 0 spiro atoms. The van der Waals surface area contributed by atoms with E-state index in [1.54, 1.807) is 18.0 Å². The second kappa shape index (κ2) is 10.4. The van der Waals surface area contributed by atoms with Crippen molar-refractivity contribution in [2.75, 3.05) is 24.4 Å². The van der Waals surface area contributed by atoms with Crippen molar-refractivity contribution in [3.63, 3.8) is 0 Å². The van der Waals surface area contributed by atoms with E-state index in [2.05, 4.69) is 40.4 Å². The van der Waals surface area contributed by atoms with Gasteiger partial charge in [0.15, 0.2) is 5.82 Å². The monoisotopic (exact) mass is 471 g/mol. The van der Waals surface area contributed by atoms with E-state index in [-0.39, 0.29) is 12.4 Å². The van der Waals surface area contributed by atoms with E-state index in [4.69, 9.17) is 14.6 Å². The summed E-state index contributed by atoms with van der Waals surface area (Å²) in [5.41, 5.74) is 1.80. The normalized spacial score (nSPS) is 11.4. The molecular formula is C22H29N5O5Si. The molecule has 2 aromatic heterocycles. The van der Waals surface area contributed by atoms with E-state index in [1.165, 1.54) is 6.20 Å². The van der Waals surface area contributed by atoms with Gasteiger partial charge in [-0.1, -0.05) is 31.8 Å². The van der Waals surface area contributed by atoms with Gasteiger partial charge in [-0.25, -0.2) is 9.48 Å². The minimum atomic E-state index is -1.58. The van der Waals surface area contributed by atoms with Crippen molar-refractivity contribution in [2.24, 2.45) is 0 Å². The number of pyridine rings is 1. The second-order valence-electron chi connectivity index (χ2n) is 8.74. The number of amides is 1. The molecule has 176 valence electrons. The fourth-order valence-corrected chi connectivity index (χ4v) is 3.84. The molecular weight excluding hydrogens is 442 g/mol. The van der Waals surface area contributed by atoms with E-state index in [1.807, 2.05) is 24.3 Å². The van der Waals surface area contributed by atoms with Crippen LogP contribution in [0, 0.1) is 0 Å². The van der Waals surface area contributed by atoms with Crippen LogP contribution in [-0.4, -0.2) is 53.5 Å². The molecule has 0 fully saturated rings. The first kappa shape index (κ1) is 24.2. The highest BCUT2D eigenvalue weighted by Gasteiger charge is 2.19. The van der Waals surface area contributed by atoms with E-state index in [0.29, 0.717) is 29.9 Å². The molecule has 0 radical (unpaired) electrons. The molecule has 3 rings (SSSR count). The lowest BCUT2D eigenvalue weighted by molar-refractivity contribution is -0.147. The lowest BCUT2D eigenvalue weighted by atomic mass is 10.2. The fourth-order valence-electron chi connectivity index (χ4n) is 3.08. The van der Waals surface area contributed by atoms with Crippen LogP contribution >= 0.6 is 0 Å². The van der Waals surface area contributed by atoms with Crippen molar-refractivity contribution in [1.82, 2.24) is 14.8 Å². The Balaban J connectivity index is 1.87. The number of aromatic nitrogens is 3. The number of hydrogen-bond acceptors (Lipinski definition) is 7. The van der Waals surface area contributed by atoms with Gasteiger partial charge in [0, 0.05) is 27.4 Å². The van der Waals surface area contributed by atoms with Gasteiger partial charge >= 0.3 is 11.9 Å². The molecule has 0 atom stereocenters. The number of nitrogens with zero attached hydrogens (tertiary/aromatic N) is 3.